The standard InChI is InChI=1S/C22H35N5O3.HI/c1-17(2)19(26-11-13-29-14-12-26)15-25-22(23-3)24-9-6-10-27-18-7-4-5-8-20(18)30-16-21(27)28;/h4-5,7-8,17,19H,6,9-16H2,1-3H3,(H2,23,24,25);1H. The number of carbonyl (C=O) groups excluding carboxylic acids is 1. The maximum atomic E-state index is 12.3. The Morgan fingerprint density at radius 3 is 2.65 bits per heavy atom. The highest BCUT2D eigenvalue weighted by atomic mass is 127. The minimum atomic E-state index is 0. The number of aliphatic imine (C=N–C) groups is 1. The van der Waals surface area contributed by atoms with Gasteiger partial charge in [0, 0.05) is 45.8 Å². The van der Waals surface area contributed by atoms with Crippen LogP contribution >= 0.6 is 24.0 Å². The molecular weight excluding hydrogens is 509 g/mol. The van der Waals surface area contributed by atoms with E-state index in [9.17, 15) is 4.79 Å². The number of carbonyl (C=O) groups is 1. The van der Waals surface area contributed by atoms with Crippen molar-refractivity contribution in [2.45, 2.75) is 26.3 Å². The van der Waals surface area contributed by atoms with Crippen molar-refractivity contribution in [1.29, 1.82) is 0 Å². The zero-order valence-electron chi connectivity index (χ0n) is 18.8. The summed E-state index contributed by atoms with van der Waals surface area (Å²) in [6, 6.07) is 8.12. The third kappa shape index (κ3) is 7.21. The number of para-hydroxylation sites is 2. The highest BCUT2D eigenvalue weighted by Gasteiger charge is 2.25. The van der Waals surface area contributed by atoms with Crippen molar-refractivity contribution in [1.82, 2.24) is 15.5 Å². The maximum absolute atomic E-state index is 12.3. The van der Waals surface area contributed by atoms with Gasteiger partial charge in [-0.05, 0) is 24.5 Å². The summed E-state index contributed by atoms with van der Waals surface area (Å²) < 4.78 is 11.0. The smallest absolute Gasteiger partial charge is 0.265 e. The van der Waals surface area contributed by atoms with Crippen molar-refractivity contribution in [3.05, 3.63) is 24.3 Å². The summed E-state index contributed by atoms with van der Waals surface area (Å²) in [6.45, 7) is 10.4. The molecule has 3 rings (SSSR count). The maximum Gasteiger partial charge on any atom is 0.265 e. The molecule has 1 fully saturated rings. The second-order valence-corrected chi connectivity index (χ2v) is 7.99. The zero-order valence-corrected chi connectivity index (χ0v) is 21.1. The zero-order chi connectivity index (χ0) is 21.3. The molecule has 0 bridgehead atoms. The predicted octanol–water partition coefficient (Wildman–Crippen LogP) is 1.94. The highest BCUT2D eigenvalue weighted by molar-refractivity contribution is 14.0. The lowest BCUT2D eigenvalue weighted by molar-refractivity contribution is -0.121. The molecule has 0 saturated carbocycles. The normalized spacial score (nSPS) is 18.1. The summed E-state index contributed by atoms with van der Waals surface area (Å²) in [5.74, 6) is 2.11. The van der Waals surface area contributed by atoms with Crippen LogP contribution in [0.5, 0.6) is 5.75 Å². The van der Waals surface area contributed by atoms with Gasteiger partial charge in [0.1, 0.15) is 5.75 Å². The minimum Gasteiger partial charge on any atom is -0.482 e. The van der Waals surface area contributed by atoms with E-state index in [0.29, 0.717) is 18.5 Å². The third-order valence-electron chi connectivity index (χ3n) is 5.65. The summed E-state index contributed by atoms with van der Waals surface area (Å²) >= 11 is 0. The molecule has 2 N–H and O–H groups in total. The van der Waals surface area contributed by atoms with Gasteiger partial charge in [0.15, 0.2) is 12.6 Å². The average Bonchev–Trinajstić information content (AvgIpc) is 2.77. The van der Waals surface area contributed by atoms with Gasteiger partial charge in [-0.15, -0.1) is 24.0 Å². The number of hydrogen-bond donors (Lipinski definition) is 2. The van der Waals surface area contributed by atoms with Crippen molar-refractivity contribution in [3.8, 4) is 5.75 Å². The molecule has 1 aromatic carbocycles. The fraction of sp³-hybridized carbons (Fsp3) is 0.636. The number of guanidine groups is 1. The molecule has 0 radical (unpaired) electrons. The van der Waals surface area contributed by atoms with Crippen LogP contribution in [0.3, 0.4) is 0 Å². The lowest BCUT2D eigenvalue weighted by atomic mass is 10.0. The number of morpholine rings is 1. The molecule has 0 aromatic heterocycles. The first-order valence-electron chi connectivity index (χ1n) is 10.9. The number of rotatable bonds is 8. The molecule has 2 aliphatic heterocycles. The molecule has 31 heavy (non-hydrogen) atoms. The van der Waals surface area contributed by atoms with E-state index in [-0.39, 0.29) is 36.5 Å². The predicted molar refractivity (Wildman–Crippen MR) is 135 cm³/mol. The number of fused-ring (bicyclic) bond motifs is 1. The fourth-order valence-electron chi connectivity index (χ4n) is 3.96. The summed E-state index contributed by atoms with van der Waals surface area (Å²) in [5.41, 5.74) is 0.849. The number of anilines is 1. The van der Waals surface area contributed by atoms with Crippen molar-refractivity contribution >= 4 is 41.5 Å². The first-order chi connectivity index (χ1) is 14.6. The molecule has 0 aliphatic carbocycles. The molecule has 2 aliphatic rings. The van der Waals surface area contributed by atoms with Crippen molar-refractivity contribution in [3.63, 3.8) is 0 Å². The number of halogens is 1. The summed E-state index contributed by atoms with van der Waals surface area (Å²) in [6.07, 6.45) is 0.817. The number of nitrogens with one attached hydrogen (secondary N) is 2. The fourth-order valence-corrected chi connectivity index (χ4v) is 3.96. The Morgan fingerprint density at radius 2 is 1.94 bits per heavy atom. The molecule has 1 aromatic rings. The van der Waals surface area contributed by atoms with Crippen molar-refractivity contribution < 1.29 is 14.3 Å². The Kier molecular flexibility index (Phi) is 10.8. The Balaban J connectivity index is 0.00000341. The SMILES string of the molecule is CN=C(NCCCN1C(=O)COc2ccccc21)NCC(C(C)C)N1CCOCC1.I. The van der Waals surface area contributed by atoms with Crippen LogP contribution < -0.4 is 20.3 Å². The molecule has 174 valence electrons. The van der Waals surface area contributed by atoms with Crippen molar-refractivity contribution in [2.75, 3.05) is 64.5 Å². The van der Waals surface area contributed by atoms with Gasteiger partial charge >= 0.3 is 0 Å². The van der Waals surface area contributed by atoms with Gasteiger partial charge in [-0.2, -0.15) is 0 Å². The van der Waals surface area contributed by atoms with Gasteiger partial charge in [-0.3, -0.25) is 14.7 Å². The quantitative estimate of drug-likeness (QED) is 0.225. The van der Waals surface area contributed by atoms with Gasteiger partial charge in [-0.25, -0.2) is 0 Å². The Morgan fingerprint density at radius 1 is 1.19 bits per heavy atom. The van der Waals surface area contributed by atoms with Crippen molar-refractivity contribution in [2.24, 2.45) is 10.9 Å². The summed E-state index contributed by atoms with van der Waals surface area (Å²) in [7, 11) is 1.79. The molecule has 0 spiro atoms. The summed E-state index contributed by atoms with van der Waals surface area (Å²) in [5, 5.41) is 6.84. The molecule has 1 saturated heterocycles. The lowest BCUT2D eigenvalue weighted by Crippen LogP contribution is -2.52. The third-order valence-corrected chi connectivity index (χ3v) is 5.65. The van der Waals surface area contributed by atoms with Gasteiger partial charge in [0.05, 0.1) is 18.9 Å². The second-order valence-electron chi connectivity index (χ2n) is 7.99. The largest absolute Gasteiger partial charge is 0.482 e. The van der Waals surface area contributed by atoms with Crippen LogP contribution in [-0.2, 0) is 9.53 Å². The molecule has 8 nitrogen and oxygen atoms in total. The van der Waals surface area contributed by atoms with E-state index in [2.05, 4.69) is 34.4 Å². The number of amides is 1. The number of ether oxygens (including phenoxy) is 2. The average molecular weight is 545 g/mol. The van der Waals surface area contributed by atoms with Gasteiger partial charge in [0.25, 0.3) is 5.91 Å². The van der Waals surface area contributed by atoms with Crippen LogP contribution in [0, 0.1) is 5.92 Å². The van der Waals surface area contributed by atoms with Gasteiger partial charge in [-0.1, -0.05) is 26.0 Å². The first-order valence-corrected chi connectivity index (χ1v) is 10.9. The first kappa shape index (κ1) is 25.7. The van der Waals surface area contributed by atoms with Crippen LogP contribution in [0.4, 0.5) is 5.69 Å². The number of hydrogen-bond acceptors (Lipinski definition) is 5. The van der Waals surface area contributed by atoms with E-state index in [1.165, 1.54) is 0 Å². The van der Waals surface area contributed by atoms with E-state index in [0.717, 1.165) is 63.2 Å². The Hall–Kier alpha value is -1.59. The van der Waals surface area contributed by atoms with E-state index in [4.69, 9.17) is 9.47 Å². The van der Waals surface area contributed by atoms with E-state index < -0.39 is 0 Å². The van der Waals surface area contributed by atoms with E-state index >= 15 is 0 Å². The number of nitrogens with zero attached hydrogens (tertiary/aromatic N) is 3. The van der Waals surface area contributed by atoms with Crippen LogP contribution in [0.2, 0.25) is 0 Å². The van der Waals surface area contributed by atoms with Crippen LogP contribution in [0.25, 0.3) is 0 Å². The van der Waals surface area contributed by atoms with E-state index in [1.54, 1.807) is 7.05 Å². The highest BCUT2D eigenvalue weighted by Crippen LogP contribution is 2.31. The monoisotopic (exact) mass is 545 g/mol. The second kappa shape index (κ2) is 13.1. The summed E-state index contributed by atoms with van der Waals surface area (Å²) in [4.78, 5) is 20.9. The minimum absolute atomic E-state index is 0. The van der Waals surface area contributed by atoms with Crippen LogP contribution in [0.1, 0.15) is 20.3 Å². The Labute approximate surface area is 202 Å². The molecule has 1 atom stereocenters. The van der Waals surface area contributed by atoms with Crippen LogP contribution in [0.15, 0.2) is 29.3 Å². The van der Waals surface area contributed by atoms with Crippen LogP contribution in [-0.4, -0.2) is 82.4 Å². The molecular formula is C22H36IN5O3. The van der Waals surface area contributed by atoms with Gasteiger partial charge in [0.2, 0.25) is 0 Å². The molecule has 1 amide bonds. The van der Waals surface area contributed by atoms with Gasteiger partial charge < -0.3 is 25.0 Å². The topological polar surface area (TPSA) is 78.4 Å². The molecule has 1 unspecified atom stereocenters. The lowest BCUT2D eigenvalue weighted by Gasteiger charge is -2.37. The molecule has 9 heteroatoms. The number of benzene rings is 1. The molecule has 2 heterocycles. The van der Waals surface area contributed by atoms with E-state index in [1.807, 2.05) is 29.2 Å². The Bertz CT molecular complexity index is 725.